The average molecular weight is 1070 g/mol. The molecule has 0 spiro atoms. The zero-order chi connectivity index (χ0) is 54.7. The highest BCUT2D eigenvalue weighted by atomic mass is 16.7. The smallest absolute Gasteiger partial charge is 0.249 e. The highest BCUT2D eigenvalue weighted by molar-refractivity contribution is 5.80. The summed E-state index contributed by atoms with van der Waals surface area (Å²) >= 11 is 0. The van der Waals surface area contributed by atoms with Crippen LogP contribution in [0.5, 0.6) is 0 Å². The van der Waals surface area contributed by atoms with Crippen LogP contribution in [0.4, 0.5) is 0 Å². The van der Waals surface area contributed by atoms with Crippen molar-refractivity contribution in [2.75, 3.05) is 13.2 Å². The molecule has 1 rings (SSSR count). The summed E-state index contributed by atoms with van der Waals surface area (Å²) in [5.41, 5.74) is 0. The first-order valence-corrected chi connectivity index (χ1v) is 32.9. The van der Waals surface area contributed by atoms with E-state index in [1.165, 1.54) is 257 Å². The van der Waals surface area contributed by atoms with Gasteiger partial charge in [-0.05, 0) is 12.8 Å². The number of hydrogen-bond donors (Lipinski definition) is 8. The van der Waals surface area contributed by atoms with Gasteiger partial charge in [0.1, 0.15) is 36.6 Å². The third-order valence-corrected chi connectivity index (χ3v) is 16.4. The Hall–Kier alpha value is -0.890. The molecule has 8 N–H and O–H groups in total. The van der Waals surface area contributed by atoms with Gasteiger partial charge in [-0.2, -0.15) is 0 Å². The van der Waals surface area contributed by atoms with Gasteiger partial charge in [-0.1, -0.05) is 322 Å². The molecule has 9 unspecified atom stereocenters. The number of carbonyl (C=O) groups excluding carboxylic acids is 1. The fraction of sp³-hybridized carbons (Fsp3) is 0.984. The highest BCUT2D eigenvalue weighted by Crippen LogP contribution is 2.24. The number of carbonyl (C=O) groups is 1. The Morgan fingerprint density at radius 3 is 0.987 bits per heavy atom. The van der Waals surface area contributed by atoms with Crippen LogP contribution in [0.25, 0.3) is 0 Å². The number of amides is 1. The number of aliphatic hydroxyl groups excluding tert-OH is 7. The maximum Gasteiger partial charge on any atom is 0.249 e. The van der Waals surface area contributed by atoms with E-state index in [1.54, 1.807) is 0 Å². The maximum atomic E-state index is 13.2. The van der Waals surface area contributed by atoms with Gasteiger partial charge in [0.2, 0.25) is 5.91 Å². The van der Waals surface area contributed by atoms with Crippen LogP contribution in [0.15, 0.2) is 0 Å². The van der Waals surface area contributed by atoms with E-state index in [4.69, 9.17) is 9.47 Å². The SMILES string of the molecule is CCCCCCCCCCCCCCCCCCCCCCCCCCCC(O)C(=O)NC(COC1OC(CO)C(O)C(O)C1O)C(O)C(O)CCCCCCCCCCCCCCCCCCCCCCCCC. The van der Waals surface area contributed by atoms with Crippen molar-refractivity contribution < 1.29 is 50.0 Å². The molecule has 75 heavy (non-hydrogen) atoms. The summed E-state index contributed by atoms with van der Waals surface area (Å²) in [7, 11) is 0. The van der Waals surface area contributed by atoms with Crippen LogP contribution in [-0.2, 0) is 14.3 Å². The minimum absolute atomic E-state index is 0.267. The topological polar surface area (TPSA) is 189 Å². The van der Waals surface area contributed by atoms with Crippen LogP contribution in [0.2, 0.25) is 0 Å². The predicted molar refractivity (Wildman–Crippen MR) is 312 cm³/mol. The molecule has 9 atom stereocenters. The average Bonchev–Trinajstić information content (AvgIpc) is 3.41. The van der Waals surface area contributed by atoms with Gasteiger partial charge < -0.3 is 50.5 Å². The molecule has 11 nitrogen and oxygen atoms in total. The maximum absolute atomic E-state index is 13.2. The molecule has 0 aromatic rings. The van der Waals surface area contributed by atoms with Gasteiger partial charge in [-0.3, -0.25) is 4.79 Å². The molecule has 1 aliphatic rings. The molecule has 0 aromatic carbocycles. The van der Waals surface area contributed by atoms with Gasteiger partial charge in [0.15, 0.2) is 6.29 Å². The van der Waals surface area contributed by atoms with E-state index in [2.05, 4.69) is 19.2 Å². The second-order valence-corrected chi connectivity index (χ2v) is 23.6. The van der Waals surface area contributed by atoms with Gasteiger partial charge in [0.05, 0.1) is 25.4 Å². The molecule has 0 aromatic heterocycles. The van der Waals surface area contributed by atoms with Crippen LogP contribution in [0.3, 0.4) is 0 Å². The van der Waals surface area contributed by atoms with Gasteiger partial charge >= 0.3 is 0 Å². The molecule has 1 heterocycles. The Kier molecular flexibility index (Phi) is 51.7. The van der Waals surface area contributed by atoms with Crippen LogP contribution in [-0.4, -0.2) is 110 Å². The molecule has 0 bridgehead atoms. The van der Waals surface area contributed by atoms with Crippen LogP contribution < -0.4 is 5.32 Å². The van der Waals surface area contributed by atoms with Crippen molar-refractivity contribution in [2.45, 2.75) is 390 Å². The minimum atomic E-state index is -1.66. The van der Waals surface area contributed by atoms with Gasteiger partial charge in [-0.15, -0.1) is 0 Å². The van der Waals surface area contributed by atoms with Gasteiger partial charge in [-0.25, -0.2) is 0 Å². The van der Waals surface area contributed by atoms with E-state index in [9.17, 15) is 40.5 Å². The third-order valence-electron chi connectivity index (χ3n) is 16.4. The van der Waals surface area contributed by atoms with Crippen LogP contribution in [0, 0.1) is 0 Å². The van der Waals surface area contributed by atoms with Crippen molar-refractivity contribution in [1.82, 2.24) is 5.32 Å². The molecular formula is C64H127NO10. The Balaban J connectivity index is 2.23. The number of hydrogen-bond acceptors (Lipinski definition) is 10. The van der Waals surface area contributed by atoms with Crippen molar-refractivity contribution in [3.8, 4) is 0 Å². The summed E-state index contributed by atoms with van der Waals surface area (Å²) in [5.74, 6) is -0.687. The van der Waals surface area contributed by atoms with Crippen LogP contribution in [0.1, 0.15) is 335 Å². The van der Waals surface area contributed by atoms with Gasteiger partial charge in [0, 0.05) is 0 Å². The van der Waals surface area contributed by atoms with E-state index >= 15 is 0 Å². The second-order valence-electron chi connectivity index (χ2n) is 23.6. The lowest BCUT2D eigenvalue weighted by Crippen LogP contribution is -2.60. The van der Waals surface area contributed by atoms with Crippen molar-refractivity contribution in [1.29, 1.82) is 0 Å². The van der Waals surface area contributed by atoms with E-state index in [1.807, 2.05) is 0 Å². The van der Waals surface area contributed by atoms with Gasteiger partial charge in [0.25, 0.3) is 0 Å². The number of unbranched alkanes of at least 4 members (excludes halogenated alkanes) is 46. The highest BCUT2D eigenvalue weighted by Gasteiger charge is 2.44. The van der Waals surface area contributed by atoms with Crippen molar-refractivity contribution in [2.24, 2.45) is 0 Å². The lowest BCUT2D eigenvalue weighted by atomic mass is 9.98. The summed E-state index contributed by atoms with van der Waals surface area (Å²) < 4.78 is 11.2. The number of ether oxygens (including phenoxy) is 2. The van der Waals surface area contributed by atoms with Crippen molar-refractivity contribution >= 4 is 5.91 Å². The number of nitrogens with one attached hydrogen (secondary N) is 1. The first-order valence-electron chi connectivity index (χ1n) is 32.9. The monoisotopic (exact) mass is 1070 g/mol. The third kappa shape index (κ3) is 41.7. The molecule has 0 aliphatic carbocycles. The molecule has 1 amide bonds. The zero-order valence-corrected chi connectivity index (χ0v) is 49.3. The van der Waals surface area contributed by atoms with Crippen molar-refractivity contribution in [3.63, 3.8) is 0 Å². The molecule has 1 fully saturated rings. The Morgan fingerprint density at radius 2 is 0.693 bits per heavy atom. The minimum Gasteiger partial charge on any atom is -0.394 e. The Morgan fingerprint density at radius 1 is 0.413 bits per heavy atom. The first kappa shape index (κ1) is 72.1. The number of rotatable bonds is 58. The molecule has 0 radical (unpaired) electrons. The molecule has 11 heteroatoms. The summed E-state index contributed by atoms with van der Waals surface area (Å²) in [5, 5.41) is 76.4. The fourth-order valence-corrected chi connectivity index (χ4v) is 11.1. The number of aliphatic hydroxyl groups is 7. The Labute approximate surface area is 462 Å². The second kappa shape index (κ2) is 53.7. The molecule has 448 valence electrons. The first-order chi connectivity index (χ1) is 36.7. The fourth-order valence-electron chi connectivity index (χ4n) is 11.1. The predicted octanol–water partition coefficient (Wildman–Crippen LogP) is 14.9. The van der Waals surface area contributed by atoms with Crippen LogP contribution >= 0.6 is 0 Å². The molecular weight excluding hydrogens is 943 g/mol. The Bertz CT molecular complexity index is 1180. The van der Waals surface area contributed by atoms with E-state index in [0.29, 0.717) is 19.3 Å². The molecule has 0 saturated carbocycles. The summed E-state index contributed by atoms with van der Waals surface area (Å²) in [6.45, 7) is 3.52. The normalized spacial score (nSPS) is 19.6. The quantitative estimate of drug-likeness (QED) is 0.0272. The molecule has 1 saturated heterocycles. The lowest BCUT2D eigenvalue weighted by molar-refractivity contribution is -0.303. The molecule has 1 aliphatic heterocycles. The van der Waals surface area contributed by atoms with E-state index < -0.39 is 74.2 Å². The summed E-state index contributed by atoms with van der Waals surface area (Å²) in [4.78, 5) is 13.2. The standard InChI is InChI=1S/C64H127NO10/c1-3-5-7-9-11-13-15-17-19-21-23-25-27-28-30-32-34-36-38-40-42-44-46-48-50-52-57(68)63(73)65-55(54-74-64-62(72)61(71)60(70)58(53-66)75-64)59(69)56(67)51-49-47-45-43-41-39-37-35-33-31-29-26-24-22-20-18-16-14-12-10-8-6-4-2/h55-62,64,66-72H,3-54H2,1-2H3,(H,65,73). The lowest BCUT2D eigenvalue weighted by Gasteiger charge is -2.40. The summed E-state index contributed by atoms with van der Waals surface area (Å²) in [6, 6.07) is -1.16. The zero-order valence-electron chi connectivity index (χ0n) is 49.3. The summed E-state index contributed by atoms with van der Waals surface area (Å²) in [6.07, 6.45) is 51.7. The van der Waals surface area contributed by atoms with E-state index in [0.717, 1.165) is 38.5 Å². The van der Waals surface area contributed by atoms with E-state index in [-0.39, 0.29) is 6.42 Å². The van der Waals surface area contributed by atoms with Crippen molar-refractivity contribution in [3.05, 3.63) is 0 Å². The largest absolute Gasteiger partial charge is 0.394 e.